The summed E-state index contributed by atoms with van der Waals surface area (Å²) in [7, 11) is 0. The van der Waals surface area contributed by atoms with Gasteiger partial charge in [0.05, 0.1) is 16.8 Å². The maximum absolute atomic E-state index is 13.0. The summed E-state index contributed by atoms with van der Waals surface area (Å²) in [4.78, 5) is 16.6. The third-order valence-electron chi connectivity index (χ3n) is 4.49. The Hall–Kier alpha value is -2.25. The number of aromatic nitrogens is 1. The molecule has 0 saturated heterocycles. The van der Waals surface area contributed by atoms with Crippen molar-refractivity contribution in [3.05, 3.63) is 63.7 Å². The number of thiazole rings is 1. The maximum Gasteiger partial charge on any atom is 0.226 e. The van der Waals surface area contributed by atoms with Gasteiger partial charge in [-0.25, -0.2) is 9.37 Å². The number of nitrogens with one attached hydrogen (secondary N) is 1. The van der Waals surface area contributed by atoms with Crippen LogP contribution >= 0.6 is 27.3 Å². The van der Waals surface area contributed by atoms with Crippen molar-refractivity contribution in [2.75, 3.05) is 11.9 Å². The van der Waals surface area contributed by atoms with Crippen LogP contribution in [0.5, 0.6) is 5.75 Å². The molecule has 0 saturated carbocycles. The summed E-state index contributed by atoms with van der Waals surface area (Å²) in [5, 5.41) is 5.17. The first-order valence-electron chi connectivity index (χ1n) is 9.66. The van der Waals surface area contributed by atoms with E-state index in [1.165, 1.54) is 29.0 Å². The predicted molar refractivity (Wildman–Crippen MR) is 124 cm³/mol. The normalized spacial score (nSPS) is 11.4. The van der Waals surface area contributed by atoms with Gasteiger partial charge in [-0.3, -0.25) is 4.79 Å². The van der Waals surface area contributed by atoms with Crippen molar-refractivity contribution >= 4 is 38.3 Å². The second-order valence-electron chi connectivity index (χ2n) is 7.94. The molecule has 3 rings (SSSR count). The third-order valence-corrected chi connectivity index (χ3v) is 5.87. The van der Waals surface area contributed by atoms with Gasteiger partial charge in [-0.15, -0.1) is 11.3 Å². The highest BCUT2D eigenvalue weighted by molar-refractivity contribution is 9.10. The van der Waals surface area contributed by atoms with E-state index in [-0.39, 0.29) is 17.1 Å². The van der Waals surface area contributed by atoms with E-state index in [9.17, 15) is 9.18 Å². The van der Waals surface area contributed by atoms with Crippen LogP contribution in [0.15, 0.2) is 52.3 Å². The predicted octanol–water partition coefficient (Wildman–Crippen LogP) is 6.81. The molecular formula is C23H24BrFN2O2S. The third kappa shape index (κ3) is 6.12. The highest BCUT2D eigenvalue weighted by Gasteiger charge is 2.15. The molecule has 0 aliphatic rings. The molecule has 1 N–H and O–H groups in total. The second-order valence-corrected chi connectivity index (χ2v) is 9.65. The zero-order valence-corrected chi connectivity index (χ0v) is 19.6. The van der Waals surface area contributed by atoms with Crippen molar-refractivity contribution in [1.29, 1.82) is 0 Å². The summed E-state index contributed by atoms with van der Waals surface area (Å²) in [6.07, 6.45) is 0.929. The number of amides is 1. The van der Waals surface area contributed by atoms with Gasteiger partial charge in [-0.05, 0) is 69.7 Å². The minimum atomic E-state index is -0.290. The average Bonchev–Trinajstić information content (AvgIpc) is 3.14. The molecular weight excluding hydrogens is 467 g/mol. The summed E-state index contributed by atoms with van der Waals surface area (Å²) < 4.78 is 19.8. The molecule has 0 unspecified atom stereocenters. The van der Waals surface area contributed by atoms with Crippen LogP contribution in [0, 0.1) is 5.82 Å². The van der Waals surface area contributed by atoms with Gasteiger partial charge in [0.1, 0.15) is 11.6 Å². The van der Waals surface area contributed by atoms with Crippen molar-refractivity contribution in [2.24, 2.45) is 0 Å². The molecule has 0 atom stereocenters. The van der Waals surface area contributed by atoms with Gasteiger partial charge in [-0.1, -0.05) is 26.8 Å². The molecule has 4 nitrogen and oxygen atoms in total. The lowest BCUT2D eigenvalue weighted by Gasteiger charge is -2.20. The molecule has 1 aromatic heterocycles. The van der Waals surface area contributed by atoms with Crippen LogP contribution in [0.1, 0.15) is 39.2 Å². The number of hydrogen-bond acceptors (Lipinski definition) is 4. The standard InChI is InChI=1S/C23H24BrFN2O2S/c1-23(2,3)16-8-11-20(18(24)13-16)29-12-4-5-21(28)27-22-26-19(14-30-22)15-6-9-17(25)10-7-15/h6-11,13-14H,4-5,12H2,1-3H3,(H,26,27,28). The number of carbonyl (C=O) groups is 1. The molecule has 0 aliphatic carbocycles. The Morgan fingerprint density at radius 3 is 2.60 bits per heavy atom. The van der Waals surface area contributed by atoms with E-state index < -0.39 is 0 Å². The van der Waals surface area contributed by atoms with E-state index in [0.29, 0.717) is 30.3 Å². The van der Waals surface area contributed by atoms with Gasteiger partial charge in [0.15, 0.2) is 5.13 Å². The lowest BCUT2D eigenvalue weighted by Crippen LogP contribution is -2.13. The monoisotopic (exact) mass is 490 g/mol. The molecule has 0 aliphatic heterocycles. The first-order chi connectivity index (χ1) is 14.2. The Labute approximate surface area is 188 Å². The van der Waals surface area contributed by atoms with Gasteiger partial charge >= 0.3 is 0 Å². The minimum absolute atomic E-state index is 0.0749. The summed E-state index contributed by atoms with van der Waals surface area (Å²) in [5.74, 6) is 0.370. The van der Waals surface area contributed by atoms with Gasteiger partial charge in [0.2, 0.25) is 5.91 Å². The molecule has 1 heterocycles. The summed E-state index contributed by atoms with van der Waals surface area (Å²) in [6, 6.07) is 12.2. The van der Waals surface area contributed by atoms with Crippen LogP contribution in [0.2, 0.25) is 0 Å². The molecule has 30 heavy (non-hydrogen) atoms. The fourth-order valence-corrected chi connectivity index (χ4v) is 3.99. The smallest absolute Gasteiger partial charge is 0.226 e. The van der Waals surface area contributed by atoms with Gasteiger partial charge in [0.25, 0.3) is 0 Å². The zero-order chi connectivity index (χ0) is 21.7. The summed E-state index contributed by atoms with van der Waals surface area (Å²) in [6.45, 7) is 6.94. The lowest BCUT2D eigenvalue weighted by atomic mass is 9.87. The van der Waals surface area contributed by atoms with Gasteiger partial charge in [-0.2, -0.15) is 0 Å². The second kappa shape index (κ2) is 9.71. The van der Waals surface area contributed by atoms with E-state index >= 15 is 0 Å². The topological polar surface area (TPSA) is 51.2 Å². The fourth-order valence-electron chi connectivity index (χ4n) is 2.77. The fraction of sp³-hybridized carbons (Fsp3) is 0.304. The van der Waals surface area contributed by atoms with Crippen molar-refractivity contribution in [2.45, 2.75) is 39.0 Å². The van der Waals surface area contributed by atoms with Crippen molar-refractivity contribution in [3.8, 4) is 17.0 Å². The number of benzene rings is 2. The van der Waals surface area contributed by atoms with Crippen LogP contribution < -0.4 is 10.1 Å². The van der Waals surface area contributed by atoms with Crippen molar-refractivity contribution in [1.82, 2.24) is 4.98 Å². The van der Waals surface area contributed by atoms with E-state index in [2.05, 4.69) is 59.1 Å². The first-order valence-corrected chi connectivity index (χ1v) is 11.3. The molecule has 0 spiro atoms. The summed E-state index contributed by atoms with van der Waals surface area (Å²) in [5.41, 5.74) is 2.82. The number of halogens is 2. The highest BCUT2D eigenvalue weighted by Crippen LogP contribution is 2.31. The number of anilines is 1. The Kier molecular flexibility index (Phi) is 7.26. The van der Waals surface area contributed by atoms with E-state index in [0.717, 1.165) is 15.8 Å². The quantitative estimate of drug-likeness (QED) is 0.370. The number of hydrogen-bond donors (Lipinski definition) is 1. The zero-order valence-electron chi connectivity index (χ0n) is 17.2. The molecule has 158 valence electrons. The van der Waals surface area contributed by atoms with Crippen LogP contribution in [-0.4, -0.2) is 17.5 Å². The van der Waals surface area contributed by atoms with E-state index in [4.69, 9.17) is 4.74 Å². The average molecular weight is 491 g/mol. The van der Waals surface area contributed by atoms with Crippen LogP contribution in [0.25, 0.3) is 11.3 Å². The van der Waals surface area contributed by atoms with E-state index in [1.807, 2.05) is 11.4 Å². The molecule has 2 aromatic carbocycles. The number of rotatable bonds is 7. The minimum Gasteiger partial charge on any atom is -0.492 e. The molecule has 1 amide bonds. The number of carbonyl (C=O) groups excluding carboxylic acids is 1. The molecule has 7 heteroatoms. The molecule has 0 bridgehead atoms. The number of ether oxygens (including phenoxy) is 1. The van der Waals surface area contributed by atoms with E-state index in [1.54, 1.807) is 12.1 Å². The number of nitrogens with zero attached hydrogens (tertiary/aromatic N) is 1. The van der Waals surface area contributed by atoms with Crippen LogP contribution in [0.3, 0.4) is 0 Å². The first kappa shape index (κ1) is 22.4. The Morgan fingerprint density at radius 2 is 1.93 bits per heavy atom. The molecule has 0 radical (unpaired) electrons. The largest absolute Gasteiger partial charge is 0.492 e. The highest BCUT2D eigenvalue weighted by atomic mass is 79.9. The maximum atomic E-state index is 13.0. The molecule has 3 aromatic rings. The van der Waals surface area contributed by atoms with Gasteiger partial charge in [0, 0.05) is 17.4 Å². The Bertz CT molecular complexity index is 1010. The lowest BCUT2D eigenvalue weighted by molar-refractivity contribution is -0.116. The van der Waals surface area contributed by atoms with Crippen molar-refractivity contribution in [3.63, 3.8) is 0 Å². The molecule has 0 fully saturated rings. The summed E-state index contributed by atoms with van der Waals surface area (Å²) >= 11 is 4.90. The van der Waals surface area contributed by atoms with Crippen molar-refractivity contribution < 1.29 is 13.9 Å². The van der Waals surface area contributed by atoms with Crippen LogP contribution in [0.4, 0.5) is 9.52 Å². The Balaban J connectivity index is 1.45. The van der Waals surface area contributed by atoms with Gasteiger partial charge < -0.3 is 10.1 Å². The Morgan fingerprint density at radius 1 is 1.20 bits per heavy atom. The SMILES string of the molecule is CC(C)(C)c1ccc(OCCCC(=O)Nc2nc(-c3ccc(F)cc3)cs2)c(Br)c1. The van der Waals surface area contributed by atoms with Crippen LogP contribution in [-0.2, 0) is 10.2 Å².